The van der Waals surface area contributed by atoms with E-state index in [0.29, 0.717) is 13.0 Å². The van der Waals surface area contributed by atoms with E-state index in [2.05, 4.69) is 5.10 Å². The molecule has 3 aromatic rings. The first-order valence-corrected chi connectivity index (χ1v) is 7.10. The highest BCUT2D eigenvalue weighted by Crippen LogP contribution is 2.14. The van der Waals surface area contributed by atoms with E-state index in [9.17, 15) is 9.18 Å². The summed E-state index contributed by atoms with van der Waals surface area (Å²) >= 11 is 0. The number of rotatable bonds is 4. The third kappa shape index (κ3) is 3.28. The fraction of sp³-hybridized carbons (Fsp3) is 0.111. The zero-order valence-electron chi connectivity index (χ0n) is 11.9. The van der Waals surface area contributed by atoms with Crippen molar-refractivity contribution >= 4 is 0 Å². The zero-order valence-corrected chi connectivity index (χ0v) is 11.9. The van der Waals surface area contributed by atoms with Crippen LogP contribution in [0.15, 0.2) is 71.5 Å². The van der Waals surface area contributed by atoms with E-state index in [4.69, 9.17) is 0 Å². The van der Waals surface area contributed by atoms with Crippen molar-refractivity contribution in [3.8, 4) is 11.3 Å². The van der Waals surface area contributed by atoms with Gasteiger partial charge in [0, 0.05) is 18.2 Å². The van der Waals surface area contributed by atoms with Gasteiger partial charge in [0.05, 0.1) is 5.69 Å². The van der Waals surface area contributed by atoms with Gasteiger partial charge in [-0.1, -0.05) is 42.5 Å². The summed E-state index contributed by atoms with van der Waals surface area (Å²) in [6.07, 6.45) is 0.630. The molecule has 0 spiro atoms. The van der Waals surface area contributed by atoms with Gasteiger partial charge in [0.2, 0.25) is 0 Å². The molecule has 1 heterocycles. The highest BCUT2D eigenvalue weighted by atomic mass is 19.1. The molecule has 0 N–H and O–H groups in total. The first kappa shape index (κ1) is 14.2. The predicted molar refractivity (Wildman–Crippen MR) is 84.0 cm³/mol. The van der Waals surface area contributed by atoms with Crippen LogP contribution in [-0.4, -0.2) is 9.78 Å². The SMILES string of the molecule is O=c1ccc(-c2ccccc2)nn1CCc1ccc(F)cc1. The molecule has 22 heavy (non-hydrogen) atoms. The molecule has 0 fully saturated rings. The highest BCUT2D eigenvalue weighted by molar-refractivity contribution is 5.57. The molecule has 0 radical (unpaired) electrons. The number of halogens is 1. The second-order valence-electron chi connectivity index (χ2n) is 5.02. The molecule has 1 aromatic heterocycles. The van der Waals surface area contributed by atoms with Crippen LogP contribution in [0.4, 0.5) is 4.39 Å². The maximum Gasteiger partial charge on any atom is 0.266 e. The van der Waals surface area contributed by atoms with Crippen molar-refractivity contribution in [2.75, 3.05) is 0 Å². The van der Waals surface area contributed by atoms with E-state index in [0.717, 1.165) is 16.8 Å². The second kappa shape index (κ2) is 6.35. The van der Waals surface area contributed by atoms with Gasteiger partial charge >= 0.3 is 0 Å². The summed E-state index contributed by atoms with van der Waals surface area (Å²) in [7, 11) is 0. The topological polar surface area (TPSA) is 34.9 Å². The minimum Gasteiger partial charge on any atom is -0.268 e. The Bertz CT molecular complexity index is 810. The maximum absolute atomic E-state index is 12.9. The lowest BCUT2D eigenvalue weighted by molar-refractivity contribution is 0.579. The third-order valence-corrected chi connectivity index (χ3v) is 3.46. The maximum atomic E-state index is 12.9. The fourth-order valence-electron chi connectivity index (χ4n) is 2.26. The van der Waals surface area contributed by atoms with Crippen LogP contribution in [0, 0.1) is 5.82 Å². The summed E-state index contributed by atoms with van der Waals surface area (Å²) in [5, 5.41) is 4.41. The molecule has 2 aromatic carbocycles. The summed E-state index contributed by atoms with van der Waals surface area (Å²) < 4.78 is 14.3. The van der Waals surface area contributed by atoms with Crippen LogP contribution in [0.3, 0.4) is 0 Å². The van der Waals surface area contributed by atoms with Gasteiger partial charge in [-0.15, -0.1) is 0 Å². The molecule has 0 aliphatic rings. The van der Waals surface area contributed by atoms with Crippen LogP contribution in [0.1, 0.15) is 5.56 Å². The summed E-state index contributed by atoms with van der Waals surface area (Å²) in [4.78, 5) is 11.9. The monoisotopic (exact) mass is 294 g/mol. The lowest BCUT2D eigenvalue weighted by Crippen LogP contribution is -2.23. The molecule has 3 rings (SSSR count). The van der Waals surface area contributed by atoms with Gasteiger partial charge in [0.1, 0.15) is 5.82 Å². The number of nitrogens with zero attached hydrogens (tertiary/aromatic N) is 2. The Kier molecular flexibility index (Phi) is 4.10. The molecule has 0 saturated heterocycles. The standard InChI is InChI=1S/C18H15FN2O/c19-16-8-6-14(7-9-16)12-13-21-18(22)11-10-17(20-21)15-4-2-1-3-5-15/h1-11H,12-13H2. The number of hydrogen-bond donors (Lipinski definition) is 0. The van der Waals surface area contributed by atoms with Gasteiger partial charge in [-0.05, 0) is 30.2 Å². The lowest BCUT2D eigenvalue weighted by atomic mass is 10.1. The van der Waals surface area contributed by atoms with Crippen LogP contribution in [0.2, 0.25) is 0 Å². The van der Waals surface area contributed by atoms with Crippen molar-refractivity contribution in [2.24, 2.45) is 0 Å². The largest absolute Gasteiger partial charge is 0.268 e. The van der Waals surface area contributed by atoms with Gasteiger partial charge in [-0.3, -0.25) is 4.79 Å². The van der Waals surface area contributed by atoms with E-state index in [1.807, 2.05) is 30.3 Å². The first-order chi connectivity index (χ1) is 10.7. The van der Waals surface area contributed by atoms with Gasteiger partial charge in [0.15, 0.2) is 0 Å². The number of hydrogen-bond acceptors (Lipinski definition) is 2. The Hall–Kier alpha value is -2.75. The smallest absolute Gasteiger partial charge is 0.266 e. The molecule has 110 valence electrons. The summed E-state index contributed by atoms with van der Waals surface area (Å²) in [5.41, 5.74) is 2.57. The minimum atomic E-state index is -0.259. The molecule has 4 heteroatoms. The Labute approximate surface area is 127 Å². The molecular formula is C18H15FN2O. The molecule has 0 aliphatic carbocycles. The minimum absolute atomic E-state index is 0.137. The van der Waals surface area contributed by atoms with Crippen LogP contribution in [0.5, 0.6) is 0 Å². The Morgan fingerprint density at radius 1 is 0.909 bits per heavy atom. The third-order valence-electron chi connectivity index (χ3n) is 3.46. The quantitative estimate of drug-likeness (QED) is 0.740. The van der Waals surface area contributed by atoms with Crippen molar-refractivity contribution in [3.05, 3.63) is 88.5 Å². The normalized spacial score (nSPS) is 10.6. The fourth-order valence-corrected chi connectivity index (χ4v) is 2.26. The molecule has 0 atom stereocenters. The predicted octanol–water partition coefficient (Wildman–Crippen LogP) is 3.29. The average Bonchev–Trinajstić information content (AvgIpc) is 2.56. The van der Waals surface area contributed by atoms with E-state index >= 15 is 0 Å². The molecule has 0 bridgehead atoms. The van der Waals surface area contributed by atoms with Gasteiger partial charge in [-0.25, -0.2) is 9.07 Å². The summed E-state index contributed by atoms with van der Waals surface area (Å²) in [6, 6.07) is 19.3. The molecular weight excluding hydrogens is 279 g/mol. The van der Waals surface area contributed by atoms with Crippen LogP contribution < -0.4 is 5.56 Å². The molecule has 0 unspecified atom stereocenters. The number of aromatic nitrogens is 2. The average molecular weight is 294 g/mol. The van der Waals surface area contributed by atoms with Crippen LogP contribution in [0.25, 0.3) is 11.3 Å². The Morgan fingerprint density at radius 3 is 2.36 bits per heavy atom. The van der Waals surface area contributed by atoms with Crippen LogP contribution in [-0.2, 0) is 13.0 Å². The molecule has 0 saturated carbocycles. The van der Waals surface area contributed by atoms with Crippen molar-refractivity contribution in [1.82, 2.24) is 9.78 Å². The van der Waals surface area contributed by atoms with Crippen molar-refractivity contribution in [2.45, 2.75) is 13.0 Å². The summed E-state index contributed by atoms with van der Waals surface area (Å²) in [5.74, 6) is -0.259. The van der Waals surface area contributed by atoms with Gasteiger partial charge < -0.3 is 0 Å². The number of aryl methyl sites for hydroxylation is 2. The molecule has 0 amide bonds. The van der Waals surface area contributed by atoms with Gasteiger partial charge in [0.25, 0.3) is 5.56 Å². The first-order valence-electron chi connectivity index (χ1n) is 7.10. The van der Waals surface area contributed by atoms with Crippen LogP contribution >= 0.6 is 0 Å². The van der Waals surface area contributed by atoms with E-state index in [1.54, 1.807) is 18.2 Å². The highest BCUT2D eigenvalue weighted by Gasteiger charge is 2.03. The van der Waals surface area contributed by atoms with Crippen molar-refractivity contribution in [3.63, 3.8) is 0 Å². The Balaban J connectivity index is 1.81. The van der Waals surface area contributed by atoms with Gasteiger partial charge in [-0.2, -0.15) is 5.10 Å². The van der Waals surface area contributed by atoms with E-state index < -0.39 is 0 Å². The van der Waals surface area contributed by atoms with Crippen molar-refractivity contribution in [1.29, 1.82) is 0 Å². The molecule has 0 aliphatic heterocycles. The number of benzene rings is 2. The second-order valence-corrected chi connectivity index (χ2v) is 5.02. The van der Waals surface area contributed by atoms with E-state index in [-0.39, 0.29) is 11.4 Å². The van der Waals surface area contributed by atoms with Crippen molar-refractivity contribution < 1.29 is 4.39 Å². The van der Waals surface area contributed by atoms with E-state index in [1.165, 1.54) is 22.9 Å². The molecule has 3 nitrogen and oxygen atoms in total. The summed E-state index contributed by atoms with van der Waals surface area (Å²) in [6.45, 7) is 0.463. The lowest BCUT2D eigenvalue weighted by Gasteiger charge is -2.07. The zero-order chi connectivity index (χ0) is 15.4. The Morgan fingerprint density at radius 2 is 1.64 bits per heavy atom.